The van der Waals surface area contributed by atoms with Crippen LogP contribution in [0, 0.1) is 5.82 Å². The molecule has 51 heavy (non-hydrogen) atoms. The molecule has 0 spiro atoms. The molecule has 0 aliphatic carbocycles. The number of likely N-dealkylation sites (tertiary alicyclic amines) is 1. The number of ether oxygens (including phenoxy) is 1. The highest BCUT2D eigenvalue weighted by Crippen LogP contribution is 2.40. The lowest BCUT2D eigenvalue weighted by Gasteiger charge is -2.33. The van der Waals surface area contributed by atoms with Crippen molar-refractivity contribution in [3.63, 3.8) is 0 Å². The zero-order valence-corrected chi connectivity index (χ0v) is 30.6. The molecule has 1 heterocycles. The molecule has 2 nitrogen and oxygen atoms in total. The largest absolute Gasteiger partial charge is 0.439 e. The van der Waals surface area contributed by atoms with Gasteiger partial charge in [0.2, 0.25) is 0 Å². The van der Waals surface area contributed by atoms with Gasteiger partial charge < -0.3 is 9.64 Å². The average Bonchev–Trinajstić information content (AvgIpc) is 3.10. The van der Waals surface area contributed by atoms with E-state index in [1.807, 2.05) is 56.0 Å². The van der Waals surface area contributed by atoms with Gasteiger partial charge in [0.1, 0.15) is 0 Å². The van der Waals surface area contributed by atoms with E-state index in [1.165, 1.54) is 18.2 Å². The highest BCUT2D eigenvalue weighted by Gasteiger charge is 2.36. The van der Waals surface area contributed by atoms with Gasteiger partial charge in [0.15, 0.2) is 17.4 Å². The minimum absolute atomic E-state index is 0.0143. The Hall–Kier alpha value is -4.10. The van der Waals surface area contributed by atoms with Crippen molar-refractivity contribution in [3.8, 4) is 5.75 Å². The van der Waals surface area contributed by atoms with Crippen molar-refractivity contribution in [3.05, 3.63) is 149 Å². The highest BCUT2D eigenvalue weighted by atomic mass is 31.0. The van der Waals surface area contributed by atoms with E-state index in [4.69, 9.17) is 4.74 Å². The molecule has 1 fully saturated rings. The van der Waals surface area contributed by atoms with Gasteiger partial charge in [-0.3, -0.25) is 0 Å². The maximum atomic E-state index is 14.9. The fourth-order valence-corrected chi connectivity index (χ4v) is 6.09. The summed E-state index contributed by atoms with van der Waals surface area (Å²) >= 11 is 0. The summed E-state index contributed by atoms with van der Waals surface area (Å²) in [6.07, 6.45) is -5.17. The molecule has 2 atom stereocenters. The Bertz CT molecular complexity index is 1760. The van der Waals surface area contributed by atoms with Crippen molar-refractivity contribution in [2.24, 2.45) is 0 Å². The molecule has 4 aromatic carbocycles. The van der Waals surface area contributed by atoms with E-state index in [0.717, 1.165) is 56.1 Å². The monoisotopic (exact) mass is 731 g/mol. The summed E-state index contributed by atoms with van der Waals surface area (Å²) < 4.78 is 98.5. The Balaban J connectivity index is 0.000000393. The van der Waals surface area contributed by atoms with Crippen LogP contribution in [0.5, 0.6) is 5.75 Å². The molecule has 0 aromatic heterocycles. The molecule has 5 rings (SSSR count). The van der Waals surface area contributed by atoms with Gasteiger partial charge in [0.25, 0.3) is 0 Å². The van der Waals surface area contributed by atoms with Gasteiger partial charge in [-0.2, -0.15) is 26.3 Å². The second-order valence-corrected chi connectivity index (χ2v) is 13.1. The van der Waals surface area contributed by atoms with E-state index in [0.29, 0.717) is 39.9 Å². The van der Waals surface area contributed by atoms with Crippen molar-refractivity contribution in [2.75, 3.05) is 13.1 Å². The number of halogens is 7. The van der Waals surface area contributed by atoms with Crippen molar-refractivity contribution < 1.29 is 35.5 Å². The molecule has 10 heteroatoms. The lowest BCUT2D eigenvalue weighted by atomic mass is 9.71. The molecular weight excluding hydrogens is 686 g/mol. The first-order chi connectivity index (χ1) is 24.0. The van der Waals surface area contributed by atoms with E-state index in [9.17, 15) is 30.7 Å². The third-order valence-corrected chi connectivity index (χ3v) is 8.84. The van der Waals surface area contributed by atoms with Crippen LogP contribution in [0.1, 0.15) is 80.3 Å². The summed E-state index contributed by atoms with van der Waals surface area (Å²) in [5.74, 6) is -0.156. The van der Waals surface area contributed by atoms with Crippen molar-refractivity contribution in [1.29, 1.82) is 0 Å². The second-order valence-electron chi connectivity index (χ2n) is 12.4. The van der Waals surface area contributed by atoms with E-state index >= 15 is 0 Å². The molecule has 1 aliphatic rings. The van der Waals surface area contributed by atoms with Crippen LogP contribution in [0.15, 0.2) is 110 Å². The summed E-state index contributed by atoms with van der Waals surface area (Å²) in [7, 11) is 2.37. The SMILES string of the molecule is C=C(C)c1cccc(C(F)(F)F)c1.C=C(Oc1cc([C@](C)(Cc2ccccc2)c2cc(P)cc(C(F)(F)F)c2)ccc1F)N1CCCCC1.CC. The predicted molar refractivity (Wildman–Crippen MR) is 196 cm³/mol. The number of alkyl halides is 6. The first-order valence-corrected chi connectivity index (χ1v) is 17.3. The number of rotatable bonds is 8. The summed E-state index contributed by atoms with van der Waals surface area (Å²) in [6, 6.07) is 23.3. The van der Waals surface area contributed by atoms with Crippen LogP contribution in [0.2, 0.25) is 0 Å². The number of hydrogen-bond donors (Lipinski definition) is 0. The number of nitrogens with zero attached hydrogens (tertiary/aromatic N) is 1. The lowest BCUT2D eigenvalue weighted by molar-refractivity contribution is -0.138. The van der Waals surface area contributed by atoms with Gasteiger partial charge in [-0.1, -0.05) is 87.5 Å². The molecule has 1 saturated heterocycles. The molecule has 0 saturated carbocycles. The Morgan fingerprint density at radius 1 is 0.725 bits per heavy atom. The minimum atomic E-state index is -4.49. The molecule has 274 valence electrons. The molecule has 1 aliphatic heterocycles. The van der Waals surface area contributed by atoms with Gasteiger partial charge in [0.05, 0.1) is 11.1 Å². The van der Waals surface area contributed by atoms with Gasteiger partial charge in [-0.25, -0.2) is 4.39 Å². The Morgan fingerprint density at radius 2 is 1.33 bits per heavy atom. The maximum Gasteiger partial charge on any atom is 0.416 e. The van der Waals surface area contributed by atoms with Crippen molar-refractivity contribution in [1.82, 2.24) is 4.90 Å². The molecule has 4 aromatic rings. The van der Waals surface area contributed by atoms with Crippen LogP contribution >= 0.6 is 9.24 Å². The minimum Gasteiger partial charge on any atom is -0.439 e. The van der Waals surface area contributed by atoms with Crippen LogP contribution in [0.3, 0.4) is 0 Å². The number of allylic oxidation sites excluding steroid dienone is 1. The predicted octanol–water partition coefficient (Wildman–Crippen LogP) is 12.0. The smallest absolute Gasteiger partial charge is 0.416 e. The van der Waals surface area contributed by atoms with E-state index in [2.05, 4.69) is 22.4 Å². The van der Waals surface area contributed by atoms with Gasteiger partial charge in [-0.05, 0) is 103 Å². The van der Waals surface area contributed by atoms with E-state index in [1.54, 1.807) is 31.2 Å². The first kappa shape index (κ1) is 41.3. The molecule has 0 amide bonds. The highest BCUT2D eigenvalue weighted by molar-refractivity contribution is 7.27. The normalized spacial score (nSPS) is 14.2. The zero-order chi connectivity index (χ0) is 38.0. The van der Waals surface area contributed by atoms with Gasteiger partial charge >= 0.3 is 12.4 Å². The van der Waals surface area contributed by atoms with Crippen LogP contribution in [-0.2, 0) is 24.2 Å². The topological polar surface area (TPSA) is 12.5 Å². The Morgan fingerprint density at radius 3 is 1.92 bits per heavy atom. The molecule has 1 unspecified atom stereocenters. The fraction of sp³-hybridized carbons (Fsp3) is 0.317. The van der Waals surface area contributed by atoms with Crippen LogP contribution in [0.4, 0.5) is 30.7 Å². The summed E-state index contributed by atoms with van der Waals surface area (Å²) in [5, 5.41) is 0.427. The number of piperidine rings is 1. The molecule has 0 N–H and O–H groups in total. The average molecular weight is 732 g/mol. The quantitative estimate of drug-likeness (QED) is 0.102. The van der Waals surface area contributed by atoms with Crippen LogP contribution in [-0.4, -0.2) is 18.0 Å². The van der Waals surface area contributed by atoms with Crippen molar-refractivity contribution in [2.45, 2.75) is 71.1 Å². The zero-order valence-electron chi connectivity index (χ0n) is 29.4. The first-order valence-electron chi connectivity index (χ1n) is 16.7. The fourth-order valence-electron chi connectivity index (χ4n) is 5.73. The van der Waals surface area contributed by atoms with Crippen LogP contribution < -0.4 is 10.0 Å². The van der Waals surface area contributed by atoms with Crippen LogP contribution in [0.25, 0.3) is 5.57 Å². The third kappa shape index (κ3) is 11.4. The van der Waals surface area contributed by atoms with Gasteiger partial charge in [-0.15, -0.1) is 9.24 Å². The van der Waals surface area contributed by atoms with Gasteiger partial charge in [0, 0.05) is 18.5 Å². The summed E-state index contributed by atoms with van der Waals surface area (Å²) in [5.41, 5.74) is 0.991. The third-order valence-electron chi connectivity index (χ3n) is 8.51. The summed E-state index contributed by atoms with van der Waals surface area (Å²) in [6.45, 7) is 16.7. The molecule has 0 bridgehead atoms. The Kier molecular flexibility index (Phi) is 14.5. The molecule has 0 radical (unpaired) electrons. The summed E-state index contributed by atoms with van der Waals surface area (Å²) in [4.78, 5) is 1.99. The number of hydrogen-bond acceptors (Lipinski definition) is 2. The van der Waals surface area contributed by atoms with E-state index in [-0.39, 0.29) is 5.75 Å². The maximum absolute atomic E-state index is 14.9. The standard InChI is InChI=1S/C29H30F4NOP.C10H9F3.C2H6/c1-20(34-13-7-4-8-14-34)35-27-18-22(11-12-26(27)30)28(2,19-21-9-5-3-6-10-21)23-15-24(29(31,32)33)17-25(36)16-23;1-7(2)8-4-3-5-9(6-8)10(11,12)13;1-2/h3,5-6,9-12,15-18H,1,4,7-8,13-14,19,36H2,2H3;3-6H,1H2,2H3;1-2H3/t28-;;/m0../s1. The number of benzene rings is 4. The second kappa shape index (κ2) is 17.9. The lowest BCUT2D eigenvalue weighted by Crippen LogP contribution is -2.31. The van der Waals surface area contributed by atoms with Crippen molar-refractivity contribution >= 4 is 20.1 Å². The Labute approximate surface area is 299 Å². The molecular formula is C41H45F7NOP. The van der Waals surface area contributed by atoms with E-state index < -0.39 is 34.7 Å².